The zero-order chi connectivity index (χ0) is 94.5. The van der Waals surface area contributed by atoms with Crippen molar-refractivity contribution in [3.05, 3.63) is 118 Å². The molecule has 0 fully saturated rings. The average molecular weight is 1880 g/mol. The van der Waals surface area contributed by atoms with E-state index in [1.54, 1.807) is 37.0 Å². The summed E-state index contributed by atoms with van der Waals surface area (Å²) < 4.78 is 177. The fraction of sp³-hybridized carbons (Fsp3) is 0.789. The highest BCUT2D eigenvalue weighted by molar-refractivity contribution is 7.73. The molecule has 0 N–H and O–H groups in total. The van der Waals surface area contributed by atoms with Crippen LogP contribution in [0.2, 0.25) is 0 Å². The number of nitrogens with zero attached hydrogens (tertiary/aromatic N) is 1. The molecule has 0 saturated heterocycles. The summed E-state index contributed by atoms with van der Waals surface area (Å²) >= 11 is 0. The van der Waals surface area contributed by atoms with E-state index in [-0.39, 0.29) is 48.5 Å². The zero-order valence-electron chi connectivity index (χ0n) is 84.5. The van der Waals surface area contributed by atoms with Crippen molar-refractivity contribution >= 4 is 42.1 Å². The monoisotopic (exact) mass is 1880 g/mol. The molecule has 0 amide bonds. The van der Waals surface area contributed by atoms with Crippen LogP contribution in [0, 0.1) is 69.8 Å². The van der Waals surface area contributed by atoms with Gasteiger partial charge in [0.2, 0.25) is 14.1 Å². The van der Waals surface area contributed by atoms with Crippen LogP contribution in [0.15, 0.2) is 48.5 Å². The molecule has 0 unspecified atom stereocenters. The van der Waals surface area contributed by atoms with Gasteiger partial charge in [-0.15, -0.1) is 0 Å². The second-order valence-electron chi connectivity index (χ2n) is 40.1. The minimum Gasteiger partial charge on any atom is -0.204 e. The first kappa shape index (κ1) is 121. The maximum atomic E-state index is 14.4. The molecule has 0 aliphatic carbocycles. The van der Waals surface area contributed by atoms with Crippen molar-refractivity contribution in [3.8, 4) is 0 Å². The van der Waals surface area contributed by atoms with E-state index in [1.807, 2.05) is 0 Å². The molecule has 130 heavy (non-hydrogen) atoms. The lowest BCUT2D eigenvalue weighted by Crippen LogP contribution is -2.75. The van der Waals surface area contributed by atoms with Crippen LogP contribution in [-0.4, -0.2) is 43.1 Å². The molecule has 0 radical (unpaired) electrons. The Bertz CT molecular complexity index is 2910. The minimum atomic E-state index is -4.01. The molecule has 0 heterocycles. The van der Waals surface area contributed by atoms with Crippen molar-refractivity contribution < 1.29 is 52.7 Å². The predicted molar refractivity (Wildman–Crippen MR) is 549 cm³/mol. The SMILES string of the molecule is CCCCCCCCCCCCCCCP(CCCCCCCCCCCCCCC)(CCCCCCCCCCCCCCC)=[N+]=P(CCCCCCCCCCCCCCC)(CCCCCCCCCCCCCCC)CCCCCCCCCCCCCCC.Fc1cc([B-](c2cc(F)c(F)c(F)c2)(c2cc(F)c(F)c(F)c2)c2cc(F)c(F)c(F)c2)cc(F)c1F. The van der Waals surface area contributed by atoms with Gasteiger partial charge in [-0.2, -0.15) is 26.0 Å². The third kappa shape index (κ3) is 54.7. The smallest absolute Gasteiger partial charge is 0.204 e. The summed E-state index contributed by atoms with van der Waals surface area (Å²) in [6.45, 7) is 14.1. The summed E-state index contributed by atoms with van der Waals surface area (Å²) in [5, 5.41) is 0. The molecule has 16 heteroatoms. The van der Waals surface area contributed by atoms with Gasteiger partial charge >= 0.3 is 0 Å². The van der Waals surface area contributed by atoms with E-state index in [9.17, 15) is 52.7 Å². The van der Waals surface area contributed by atoms with Gasteiger partial charge in [-0.1, -0.05) is 552 Å². The number of halogens is 12. The van der Waals surface area contributed by atoms with Gasteiger partial charge in [0.1, 0.15) is 6.15 Å². The maximum absolute atomic E-state index is 14.4. The lowest BCUT2D eigenvalue weighted by molar-refractivity contribution is 0.447. The van der Waals surface area contributed by atoms with Crippen LogP contribution in [-0.2, 0) is 0 Å². The van der Waals surface area contributed by atoms with Crippen LogP contribution >= 0.6 is 14.1 Å². The Balaban J connectivity index is 0.000000962. The van der Waals surface area contributed by atoms with E-state index in [2.05, 4.69) is 41.5 Å². The highest BCUT2D eigenvalue weighted by Crippen LogP contribution is 2.57. The highest BCUT2D eigenvalue weighted by atomic mass is 31.2. The molecule has 0 saturated carbocycles. The van der Waals surface area contributed by atoms with Gasteiger partial charge in [0, 0.05) is 37.0 Å². The van der Waals surface area contributed by atoms with E-state index in [4.69, 9.17) is 4.17 Å². The Hall–Kier alpha value is -3.33. The van der Waals surface area contributed by atoms with E-state index in [1.165, 1.54) is 501 Å². The molecule has 4 rings (SSSR count). The van der Waals surface area contributed by atoms with Crippen LogP contribution in [0.4, 0.5) is 52.7 Å². The lowest BCUT2D eigenvalue weighted by Gasteiger charge is -2.44. The van der Waals surface area contributed by atoms with Gasteiger partial charge < -0.3 is 0 Å². The Labute approximate surface area is 792 Å². The zero-order valence-corrected chi connectivity index (χ0v) is 86.3. The summed E-state index contributed by atoms with van der Waals surface area (Å²) in [7, 11) is -2.90. The number of hydrogen-bond donors (Lipinski definition) is 0. The third-order valence-corrected chi connectivity index (χ3v) is 38.4. The van der Waals surface area contributed by atoms with Crippen LogP contribution in [0.1, 0.15) is 542 Å². The largest absolute Gasteiger partial charge is 0.216 e. The van der Waals surface area contributed by atoms with Crippen LogP contribution in [0.3, 0.4) is 0 Å². The molecule has 1 nitrogen and oxygen atoms in total. The molecule has 0 aliphatic rings. The van der Waals surface area contributed by atoms with E-state index >= 15 is 0 Å². The maximum Gasteiger partial charge on any atom is 0.216 e. The first-order chi connectivity index (χ1) is 63.4. The first-order valence-electron chi connectivity index (χ1n) is 55.6. The fourth-order valence-corrected chi connectivity index (χ4v) is 31.9. The van der Waals surface area contributed by atoms with Gasteiger partial charge in [0.25, 0.3) is 0 Å². The summed E-state index contributed by atoms with van der Waals surface area (Å²) in [5.41, 5.74) is -3.79. The fourth-order valence-electron chi connectivity index (χ4n) is 20.3. The van der Waals surface area contributed by atoms with E-state index in [0.29, 0.717) is 0 Å². The van der Waals surface area contributed by atoms with Crippen molar-refractivity contribution in [2.45, 2.75) is 542 Å². The molecule has 4 aromatic rings. The molecule has 0 aromatic heterocycles. The van der Waals surface area contributed by atoms with Gasteiger partial charge in [-0.25, -0.2) is 52.7 Å². The standard InChI is InChI=1S/C90H186NP2.C24H8BF12/c1-7-13-19-25-31-37-43-49-55-61-67-73-79-85-92(86-80-74-68-62-56-50-44-38-32-26-20-14-8-2,87-81-75-69-63-57-51-45-39-33-27-21-15-9-3)91-93(88-82-76-70-64-58-52-46-40-34-28-22-16-10-4,89-83-77-71-65-59-53-47-41-35-29-23-17-11-5)90-84-78-72-66-60-54-48-42-36-30-24-18-12-6;26-13-1-9(2-14(27)21(13)34)25(10-3-15(28)22(35)16(29)4-10,11-5-17(30)23(36)18(31)6-11)12-7-19(32)24(37)20(33)8-12/h7-90H2,1-6H3;1-8H/q+1;-1. The Kier molecular flexibility index (Phi) is 74.9. The number of unbranched alkanes of at least 4 members (excludes halogenated alkanes) is 72. The highest BCUT2D eigenvalue weighted by Gasteiger charge is 2.39. The average Bonchev–Trinajstić information content (AvgIpc) is 0.716. The van der Waals surface area contributed by atoms with Gasteiger partial charge in [0.05, 0.1) is 0 Å². The van der Waals surface area contributed by atoms with Gasteiger partial charge in [-0.05, 0) is 38.5 Å². The molecule has 4 aromatic carbocycles. The Morgan fingerprint density at radius 1 is 0.154 bits per heavy atom. The first-order valence-corrected chi connectivity index (χ1v) is 60.2. The normalized spacial score (nSPS) is 12.0. The second kappa shape index (κ2) is 80.6. The summed E-state index contributed by atoms with van der Waals surface area (Å²) in [6.07, 6.45) is 120. The quantitative estimate of drug-likeness (QED) is 0.0104. The van der Waals surface area contributed by atoms with Gasteiger partial charge in [0.15, 0.2) is 69.8 Å². The van der Waals surface area contributed by atoms with Crippen LogP contribution in [0.5, 0.6) is 0 Å². The molecular formula is C114H194BF12NP2. The van der Waals surface area contributed by atoms with Crippen LogP contribution in [0.25, 0.3) is 0 Å². The lowest BCUT2D eigenvalue weighted by atomic mass is 9.13. The van der Waals surface area contributed by atoms with Gasteiger partial charge in [-0.3, -0.25) is 0 Å². The molecule has 0 spiro atoms. The number of benzene rings is 4. The third-order valence-electron chi connectivity index (χ3n) is 28.5. The molecule has 752 valence electrons. The molecular weight excluding hydrogens is 1680 g/mol. The topological polar surface area (TPSA) is 14.1 Å². The van der Waals surface area contributed by atoms with E-state index in [0.717, 1.165) is 0 Å². The summed E-state index contributed by atoms with van der Waals surface area (Å²) in [6, 6.07) is 1.41. The van der Waals surface area contributed by atoms with E-state index < -0.39 is 112 Å². The second-order valence-corrected chi connectivity index (χ2v) is 47.9. The van der Waals surface area contributed by atoms with Crippen molar-refractivity contribution in [1.82, 2.24) is 4.17 Å². The molecule has 0 aliphatic heterocycles. The van der Waals surface area contributed by atoms with Crippen molar-refractivity contribution in [1.29, 1.82) is 0 Å². The molecule has 0 atom stereocenters. The van der Waals surface area contributed by atoms with Crippen molar-refractivity contribution in [3.63, 3.8) is 0 Å². The number of hydrogen-bond acceptors (Lipinski definition) is 0. The predicted octanol–water partition coefficient (Wildman–Crippen LogP) is 39.7. The number of rotatable bonds is 88. The molecule has 0 bridgehead atoms. The Morgan fingerprint density at radius 2 is 0.246 bits per heavy atom. The summed E-state index contributed by atoms with van der Waals surface area (Å²) in [5.74, 6) is -24.0. The summed E-state index contributed by atoms with van der Waals surface area (Å²) in [4.78, 5) is 0. The Morgan fingerprint density at radius 3 is 0.346 bits per heavy atom. The van der Waals surface area contributed by atoms with Crippen molar-refractivity contribution in [2.75, 3.05) is 37.0 Å². The van der Waals surface area contributed by atoms with Crippen LogP contribution < -0.4 is 26.0 Å². The minimum absolute atomic E-state index is 0.177. The van der Waals surface area contributed by atoms with Crippen molar-refractivity contribution in [2.24, 2.45) is 0 Å².